The Morgan fingerprint density at radius 1 is 1.42 bits per heavy atom. The zero-order valence-electron chi connectivity index (χ0n) is 16.0. The van der Waals surface area contributed by atoms with E-state index in [4.69, 9.17) is 4.42 Å². The van der Waals surface area contributed by atoms with Gasteiger partial charge in [0.1, 0.15) is 0 Å². The maximum Gasteiger partial charge on any atom is 0.292 e. The molecule has 1 aromatic rings. The van der Waals surface area contributed by atoms with E-state index in [1.54, 1.807) is 6.92 Å². The number of nitrogens with zero attached hydrogens (tertiary/aromatic N) is 2. The van der Waals surface area contributed by atoms with Gasteiger partial charge in [-0.3, -0.25) is 9.59 Å². The van der Waals surface area contributed by atoms with Crippen molar-refractivity contribution >= 4 is 11.8 Å². The molecule has 144 valence electrons. The van der Waals surface area contributed by atoms with Gasteiger partial charge in [-0.2, -0.15) is 0 Å². The van der Waals surface area contributed by atoms with E-state index in [-0.39, 0.29) is 29.7 Å². The molecule has 7 nitrogen and oxygen atoms in total. The first-order valence-corrected chi connectivity index (χ1v) is 9.37. The number of aliphatic hydroxyl groups is 1. The van der Waals surface area contributed by atoms with E-state index in [0.717, 1.165) is 25.7 Å². The standard InChI is InChI=1S/C19H29N3O4/c1-12-16(26-11-21-12)17(24)22-14(10-20-13(2)23)9-18(3)15(22)7-5-6-8-19(18,4)25/h11,14-15,25H,5-10H2,1-4H3,(H,20,23)/t14-,15-,18-,19+/m1/s1. The van der Waals surface area contributed by atoms with E-state index in [9.17, 15) is 14.7 Å². The third kappa shape index (κ3) is 3.02. The monoisotopic (exact) mass is 363 g/mol. The molecule has 1 aliphatic heterocycles. The molecule has 1 aromatic heterocycles. The van der Waals surface area contributed by atoms with Crippen molar-refractivity contribution in [2.45, 2.75) is 77.5 Å². The predicted octanol–water partition coefficient (Wildman–Crippen LogP) is 2.03. The number of amides is 2. The molecule has 26 heavy (non-hydrogen) atoms. The second-order valence-electron chi connectivity index (χ2n) is 8.23. The number of carbonyl (C=O) groups excluding carboxylic acids is 2. The Labute approximate surface area is 154 Å². The fourth-order valence-electron chi connectivity index (χ4n) is 4.78. The van der Waals surface area contributed by atoms with Gasteiger partial charge in [-0.05, 0) is 33.1 Å². The maximum atomic E-state index is 13.3. The highest BCUT2D eigenvalue weighted by Crippen LogP contribution is 2.53. The molecule has 2 heterocycles. The smallest absolute Gasteiger partial charge is 0.292 e. The van der Waals surface area contributed by atoms with E-state index in [1.165, 1.54) is 13.3 Å². The van der Waals surface area contributed by atoms with E-state index < -0.39 is 11.0 Å². The van der Waals surface area contributed by atoms with Gasteiger partial charge in [0.25, 0.3) is 5.91 Å². The second kappa shape index (κ2) is 6.68. The van der Waals surface area contributed by atoms with Gasteiger partial charge in [0, 0.05) is 24.9 Å². The number of fused-ring (bicyclic) bond motifs is 1. The third-order valence-corrected chi connectivity index (χ3v) is 6.51. The highest BCUT2D eigenvalue weighted by molar-refractivity contribution is 5.93. The van der Waals surface area contributed by atoms with Crippen LogP contribution in [0, 0.1) is 12.3 Å². The van der Waals surface area contributed by atoms with Gasteiger partial charge >= 0.3 is 0 Å². The van der Waals surface area contributed by atoms with Crippen molar-refractivity contribution in [2.75, 3.05) is 6.54 Å². The summed E-state index contributed by atoms with van der Waals surface area (Å²) in [7, 11) is 0. The molecule has 0 radical (unpaired) electrons. The molecule has 0 bridgehead atoms. The quantitative estimate of drug-likeness (QED) is 0.857. The number of rotatable bonds is 3. The largest absolute Gasteiger partial charge is 0.438 e. The molecule has 2 aliphatic rings. The number of likely N-dealkylation sites (tertiary alicyclic amines) is 1. The summed E-state index contributed by atoms with van der Waals surface area (Å²) in [5.74, 6) is -0.0926. The topological polar surface area (TPSA) is 95.7 Å². The zero-order chi connectivity index (χ0) is 19.1. The van der Waals surface area contributed by atoms with Crippen molar-refractivity contribution in [2.24, 2.45) is 5.41 Å². The van der Waals surface area contributed by atoms with Gasteiger partial charge in [0.05, 0.1) is 17.3 Å². The molecule has 2 amide bonds. The molecular formula is C19H29N3O4. The van der Waals surface area contributed by atoms with Crippen molar-refractivity contribution in [1.82, 2.24) is 15.2 Å². The van der Waals surface area contributed by atoms with Gasteiger partial charge in [-0.1, -0.05) is 19.8 Å². The summed E-state index contributed by atoms with van der Waals surface area (Å²) in [5, 5.41) is 14.0. The summed E-state index contributed by atoms with van der Waals surface area (Å²) >= 11 is 0. The van der Waals surface area contributed by atoms with Crippen LogP contribution in [0.2, 0.25) is 0 Å². The second-order valence-corrected chi connectivity index (χ2v) is 8.23. The Kier molecular flexibility index (Phi) is 4.86. The van der Waals surface area contributed by atoms with Crippen molar-refractivity contribution < 1.29 is 19.1 Å². The average molecular weight is 363 g/mol. The number of hydrogen-bond acceptors (Lipinski definition) is 5. The number of aromatic nitrogens is 1. The maximum absolute atomic E-state index is 13.3. The summed E-state index contributed by atoms with van der Waals surface area (Å²) in [5.41, 5.74) is -0.744. The van der Waals surface area contributed by atoms with Crippen LogP contribution in [-0.4, -0.2) is 51.0 Å². The number of oxazole rings is 1. The highest BCUT2D eigenvalue weighted by Gasteiger charge is 2.59. The van der Waals surface area contributed by atoms with Crippen LogP contribution in [-0.2, 0) is 4.79 Å². The molecule has 3 rings (SSSR count). The Hall–Kier alpha value is -1.89. The van der Waals surface area contributed by atoms with Crippen molar-refractivity contribution in [1.29, 1.82) is 0 Å². The Morgan fingerprint density at radius 3 is 2.77 bits per heavy atom. The molecular weight excluding hydrogens is 334 g/mol. The van der Waals surface area contributed by atoms with Gasteiger partial charge in [0.2, 0.25) is 11.7 Å². The summed E-state index contributed by atoms with van der Waals surface area (Å²) in [6.07, 6.45) is 5.38. The van der Waals surface area contributed by atoms with Crippen LogP contribution in [0.1, 0.15) is 69.1 Å². The Bertz CT molecular complexity index is 699. The minimum absolute atomic E-state index is 0.101. The first-order valence-electron chi connectivity index (χ1n) is 9.37. The third-order valence-electron chi connectivity index (χ3n) is 6.51. The van der Waals surface area contributed by atoms with E-state index in [2.05, 4.69) is 17.2 Å². The van der Waals surface area contributed by atoms with Crippen LogP contribution in [0.25, 0.3) is 0 Å². The number of aryl methyl sites for hydroxylation is 1. The molecule has 2 N–H and O–H groups in total. The van der Waals surface area contributed by atoms with E-state index in [0.29, 0.717) is 18.7 Å². The number of hydrogen-bond donors (Lipinski definition) is 2. The number of nitrogens with one attached hydrogen (secondary N) is 1. The molecule has 0 aromatic carbocycles. The minimum atomic E-state index is -0.867. The van der Waals surface area contributed by atoms with Crippen LogP contribution < -0.4 is 5.32 Å². The summed E-state index contributed by atoms with van der Waals surface area (Å²) in [6.45, 7) is 7.55. The van der Waals surface area contributed by atoms with Gasteiger partial charge in [-0.15, -0.1) is 0 Å². The van der Waals surface area contributed by atoms with Gasteiger partial charge in [-0.25, -0.2) is 4.98 Å². The van der Waals surface area contributed by atoms with Crippen LogP contribution in [0.15, 0.2) is 10.8 Å². The first-order chi connectivity index (χ1) is 12.2. The lowest BCUT2D eigenvalue weighted by atomic mass is 9.67. The molecule has 2 fully saturated rings. The summed E-state index contributed by atoms with van der Waals surface area (Å²) in [6, 6.07) is -0.286. The van der Waals surface area contributed by atoms with Crippen molar-refractivity contribution in [3.63, 3.8) is 0 Å². The minimum Gasteiger partial charge on any atom is -0.438 e. The average Bonchev–Trinajstić information content (AvgIpc) is 3.08. The SMILES string of the molecule is CC(=O)NC[C@H]1C[C@]2(C)[C@@H](CCCC[C@]2(C)O)N1C(=O)c1ocnc1C. The Balaban J connectivity index is 2.00. The molecule has 4 atom stereocenters. The molecule has 1 aliphatic carbocycles. The van der Waals surface area contributed by atoms with Crippen LogP contribution >= 0.6 is 0 Å². The van der Waals surface area contributed by atoms with E-state index >= 15 is 0 Å². The van der Waals surface area contributed by atoms with E-state index in [1.807, 2.05) is 11.8 Å². The summed E-state index contributed by atoms with van der Waals surface area (Å²) in [4.78, 5) is 30.6. The number of carbonyl (C=O) groups is 2. The van der Waals surface area contributed by atoms with Gasteiger partial charge < -0.3 is 19.7 Å². The first kappa shape index (κ1) is 18.9. The fourth-order valence-corrected chi connectivity index (χ4v) is 4.78. The lowest BCUT2D eigenvalue weighted by molar-refractivity contribution is -0.119. The molecule has 1 saturated heterocycles. The lowest BCUT2D eigenvalue weighted by Crippen LogP contribution is -2.52. The Morgan fingerprint density at radius 2 is 2.15 bits per heavy atom. The molecule has 7 heteroatoms. The van der Waals surface area contributed by atoms with Crippen LogP contribution in [0.3, 0.4) is 0 Å². The van der Waals surface area contributed by atoms with Crippen molar-refractivity contribution in [3.8, 4) is 0 Å². The zero-order valence-corrected chi connectivity index (χ0v) is 16.0. The van der Waals surface area contributed by atoms with Crippen LogP contribution in [0.5, 0.6) is 0 Å². The highest BCUT2D eigenvalue weighted by atomic mass is 16.4. The van der Waals surface area contributed by atoms with Crippen molar-refractivity contribution in [3.05, 3.63) is 17.8 Å². The molecule has 0 spiro atoms. The summed E-state index contributed by atoms with van der Waals surface area (Å²) < 4.78 is 5.36. The molecule has 0 unspecified atom stereocenters. The molecule has 1 saturated carbocycles. The normalized spacial score (nSPS) is 34.3. The van der Waals surface area contributed by atoms with Gasteiger partial charge in [0.15, 0.2) is 6.39 Å². The van der Waals surface area contributed by atoms with Crippen LogP contribution in [0.4, 0.5) is 0 Å². The fraction of sp³-hybridized carbons (Fsp3) is 0.737. The predicted molar refractivity (Wildman–Crippen MR) is 95.5 cm³/mol. The lowest BCUT2D eigenvalue weighted by Gasteiger charge is -2.43.